The normalized spacial score (nSPS) is 12.8. The lowest BCUT2D eigenvalue weighted by molar-refractivity contribution is 0.669. The van der Waals surface area contributed by atoms with Gasteiger partial charge in [-0.25, -0.2) is 0 Å². The summed E-state index contributed by atoms with van der Waals surface area (Å²) in [6, 6.07) is 73.0. The molecule has 13 rings (SSSR count). The van der Waals surface area contributed by atoms with Crippen molar-refractivity contribution in [2.24, 2.45) is 0 Å². The summed E-state index contributed by atoms with van der Waals surface area (Å²) in [6.45, 7) is 0. The number of benzene rings is 12. The van der Waals surface area contributed by atoms with Gasteiger partial charge in [0.05, 0.1) is 6.85 Å². The molecule has 0 fully saturated rings. The minimum Gasteiger partial charge on any atom is -0.456 e. The number of furan rings is 1. The van der Waals surface area contributed by atoms with Crippen LogP contribution in [0.2, 0.25) is 0 Å². The van der Waals surface area contributed by atoms with Crippen molar-refractivity contribution in [3.8, 4) is 66.8 Å². The summed E-state index contributed by atoms with van der Waals surface area (Å²) in [5.74, 6) is 0. The first kappa shape index (κ1) is 32.2. The van der Waals surface area contributed by atoms with Crippen LogP contribution in [-0.4, -0.2) is 0 Å². The molecule has 12 aromatic carbocycles. The molecule has 0 saturated carbocycles. The summed E-state index contributed by atoms with van der Waals surface area (Å²) >= 11 is 0. The van der Waals surface area contributed by atoms with Crippen molar-refractivity contribution in [3.05, 3.63) is 243 Å². The van der Waals surface area contributed by atoms with Crippen LogP contribution in [0.25, 0.3) is 132 Å². The molecule has 1 heteroatoms. The summed E-state index contributed by atoms with van der Waals surface area (Å²) in [5, 5.41) is 10.2. The van der Waals surface area contributed by atoms with E-state index >= 15 is 0 Å². The second-order valence-corrected chi connectivity index (χ2v) is 16.8. The van der Waals surface area contributed by atoms with E-state index in [0.29, 0.717) is 5.56 Å². The highest BCUT2D eigenvalue weighted by molar-refractivity contribution is 6.26. The summed E-state index contributed by atoms with van der Waals surface area (Å²) in [5.41, 5.74) is 13.8. The molecular formula is C64H40O. The molecule has 0 aliphatic rings. The van der Waals surface area contributed by atoms with Gasteiger partial charge in [-0.1, -0.05) is 206 Å². The quantitative estimate of drug-likeness (QED) is 0.120. The van der Waals surface area contributed by atoms with Crippen LogP contribution in [-0.2, 0) is 0 Å². The van der Waals surface area contributed by atoms with Crippen LogP contribution in [0.1, 0.15) is 6.85 Å². The molecule has 0 aliphatic heterocycles. The van der Waals surface area contributed by atoms with E-state index in [1.54, 1.807) is 0 Å². The van der Waals surface area contributed by atoms with Gasteiger partial charge in [-0.15, -0.1) is 0 Å². The van der Waals surface area contributed by atoms with Crippen molar-refractivity contribution in [2.45, 2.75) is 0 Å². The molecule has 0 amide bonds. The molecule has 0 unspecified atom stereocenters. The Bertz CT molecular complexity index is 4200. The Balaban J connectivity index is 0.902. The van der Waals surface area contributed by atoms with Crippen molar-refractivity contribution < 1.29 is 11.3 Å². The topological polar surface area (TPSA) is 13.1 Å². The predicted octanol–water partition coefficient (Wildman–Crippen LogP) is 18.2. The van der Waals surface area contributed by atoms with Gasteiger partial charge < -0.3 is 4.42 Å². The standard InChI is InChI=1S/C64H40O/c1-3-15-43(16-4-1)49-20-9-10-21-50(49)48-32-35-53-59-38-46(33-36-61(59)65-62(53)40-48)42-29-27-41(28-30-42)45-31-34-52-58(37-45)51-22-8-7-19-47(51)39-60(52)64-56-25-13-11-23-54(56)63(44-17-5-2-6-18-44)55-24-12-14-26-57(55)64/h1-40H/i2D,5D,6D,17D,18D. The molecule has 0 aliphatic carbocycles. The van der Waals surface area contributed by atoms with Gasteiger partial charge in [-0.3, -0.25) is 0 Å². The van der Waals surface area contributed by atoms with E-state index in [1.165, 1.54) is 16.7 Å². The third kappa shape index (κ3) is 6.16. The summed E-state index contributed by atoms with van der Waals surface area (Å²) in [4.78, 5) is 0. The lowest BCUT2D eigenvalue weighted by Crippen LogP contribution is -1.92. The SMILES string of the molecule is [2H]c1c([2H])c([2H])c(-c2c3ccccc3c(-c3cc4ccccc4c4cc(-c5ccc(-c6ccc7oc8cc(-c9ccccc9-c9ccccc9)ccc8c7c6)cc5)ccc34)c3ccccc23)c([2H])c1[2H]. The minimum absolute atomic E-state index is 0.204. The van der Waals surface area contributed by atoms with E-state index < -0.39 is 6.04 Å². The second kappa shape index (κ2) is 15.1. The maximum absolute atomic E-state index is 9.01. The first-order valence-corrected chi connectivity index (χ1v) is 22.0. The number of hydrogen-bond acceptors (Lipinski definition) is 1. The van der Waals surface area contributed by atoms with Crippen LogP contribution in [0.3, 0.4) is 0 Å². The molecular weight excluding hydrogens is 785 g/mol. The molecule has 1 heterocycles. The first-order chi connectivity index (χ1) is 34.3. The monoisotopic (exact) mass is 829 g/mol. The maximum atomic E-state index is 9.01. The van der Waals surface area contributed by atoms with Gasteiger partial charge in [0.15, 0.2) is 0 Å². The van der Waals surface area contributed by atoms with E-state index in [0.717, 1.165) is 104 Å². The summed E-state index contributed by atoms with van der Waals surface area (Å²) in [6.07, 6.45) is 0. The van der Waals surface area contributed by atoms with Crippen LogP contribution >= 0.6 is 0 Å². The Hall–Kier alpha value is -8.52. The van der Waals surface area contributed by atoms with Gasteiger partial charge in [0, 0.05) is 10.8 Å². The van der Waals surface area contributed by atoms with Crippen molar-refractivity contribution in [1.82, 2.24) is 0 Å². The minimum atomic E-state index is -0.403. The lowest BCUT2D eigenvalue weighted by atomic mass is 9.83. The zero-order chi connectivity index (χ0) is 47.2. The smallest absolute Gasteiger partial charge is 0.136 e. The highest BCUT2D eigenvalue weighted by Crippen LogP contribution is 2.47. The zero-order valence-corrected chi connectivity index (χ0v) is 35.1. The van der Waals surface area contributed by atoms with Crippen LogP contribution in [0, 0.1) is 0 Å². The van der Waals surface area contributed by atoms with Gasteiger partial charge in [0.25, 0.3) is 0 Å². The molecule has 13 aromatic rings. The average Bonchev–Trinajstić information content (AvgIpc) is 3.79. The highest BCUT2D eigenvalue weighted by Gasteiger charge is 2.20. The number of rotatable bonds is 6. The molecule has 1 aromatic heterocycles. The predicted molar refractivity (Wildman–Crippen MR) is 276 cm³/mol. The summed E-state index contributed by atoms with van der Waals surface area (Å²) in [7, 11) is 0. The molecule has 302 valence electrons. The van der Waals surface area contributed by atoms with Crippen molar-refractivity contribution in [1.29, 1.82) is 0 Å². The molecule has 1 nitrogen and oxygen atoms in total. The van der Waals surface area contributed by atoms with E-state index in [4.69, 9.17) is 11.3 Å². The van der Waals surface area contributed by atoms with Crippen LogP contribution in [0.15, 0.2) is 247 Å². The van der Waals surface area contributed by atoms with Gasteiger partial charge in [-0.05, 0) is 146 Å². The molecule has 0 N–H and O–H groups in total. The third-order valence-corrected chi connectivity index (χ3v) is 13.2. The first-order valence-electron chi connectivity index (χ1n) is 24.5. The van der Waals surface area contributed by atoms with E-state index in [1.807, 2.05) is 42.5 Å². The van der Waals surface area contributed by atoms with Crippen molar-refractivity contribution >= 4 is 65.0 Å². The van der Waals surface area contributed by atoms with E-state index in [9.17, 15) is 0 Å². The highest BCUT2D eigenvalue weighted by atomic mass is 16.3. The zero-order valence-electron chi connectivity index (χ0n) is 40.1. The Labute approximate surface area is 384 Å². The van der Waals surface area contributed by atoms with E-state index in [2.05, 4.69) is 170 Å². The van der Waals surface area contributed by atoms with Crippen LogP contribution in [0.4, 0.5) is 0 Å². The fourth-order valence-corrected chi connectivity index (χ4v) is 10.1. The maximum Gasteiger partial charge on any atom is 0.136 e. The van der Waals surface area contributed by atoms with Crippen molar-refractivity contribution in [2.75, 3.05) is 0 Å². The Morgan fingerprint density at radius 1 is 0.262 bits per heavy atom. The molecule has 0 saturated heterocycles. The van der Waals surface area contributed by atoms with Gasteiger partial charge in [-0.2, -0.15) is 0 Å². The molecule has 0 spiro atoms. The lowest BCUT2D eigenvalue weighted by Gasteiger charge is -2.20. The number of hydrogen-bond donors (Lipinski definition) is 0. The fourth-order valence-electron chi connectivity index (χ4n) is 10.1. The molecule has 0 atom stereocenters. The number of fused-ring (bicyclic) bond motifs is 8. The molecule has 0 radical (unpaired) electrons. The fraction of sp³-hybridized carbons (Fsp3) is 0. The summed E-state index contributed by atoms with van der Waals surface area (Å²) < 4.78 is 49.9. The average molecular weight is 830 g/mol. The molecule has 0 bridgehead atoms. The largest absolute Gasteiger partial charge is 0.456 e. The van der Waals surface area contributed by atoms with E-state index in [-0.39, 0.29) is 29.7 Å². The van der Waals surface area contributed by atoms with Crippen LogP contribution < -0.4 is 0 Å². The van der Waals surface area contributed by atoms with Crippen LogP contribution in [0.5, 0.6) is 0 Å². The van der Waals surface area contributed by atoms with Crippen molar-refractivity contribution in [3.63, 3.8) is 0 Å². The van der Waals surface area contributed by atoms with Gasteiger partial charge in [0.2, 0.25) is 0 Å². The third-order valence-electron chi connectivity index (χ3n) is 13.2. The van der Waals surface area contributed by atoms with Gasteiger partial charge in [0.1, 0.15) is 11.2 Å². The Kier molecular flexibility index (Phi) is 7.47. The van der Waals surface area contributed by atoms with Gasteiger partial charge >= 0.3 is 0 Å². The second-order valence-electron chi connectivity index (χ2n) is 16.8. The molecule has 65 heavy (non-hydrogen) atoms. The Morgan fingerprint density at radius 2 is 0.785 bits per heavy atom. The Morgan fingerprint density at radius 3 is 1.48 bits per heavy atom.